The molecule has 0 aliphatic rings. The van der Waals surface area contributed by atoms with Crippen molar-refractivity contribution in [3.8, 4) is 6.07 Å². The zero-order valence-corrected chi connectivity index (χ0v) is 14.1. The number of hydrogen-bond donors (Lipinski definition) is 2. The molecule has 0 unspecified atom stereocenters. The van der Waals surface area contributed by atoms with Crippen LogP contribution < -0.4 is 5.32 Å². The maximum Gasteiger partial charge on any atom is 0.261 e. The summed E-state index contributed by atoms with van der Waals surface area (Å²) in [5, 5.41) is 23.0. The van der Waals surface area contributed by atoms with E-state index < -0.39 is 11.5 Å². The maximum absolute atomic E-state index is 12.9. The fourth-order valence-electron chi connectivity index (χ4n) is 2.79. The molecule has 0 spiro atoms. The fourth-order valence-corrected chi connectivity index (χ4v) is 2.79. The lowest BCUT2D eigenvalue weighted by atomic mass is 9.85. The number of hydrogen-bond acceptors (Lipinski definition) is 3. The Morgan fingerprint density at radius 1 is 0.885 bits per heavy atom. The quantitative estimate of drug-likeness (QED) is 0.748. The molecule has 3 aromatic carbocycles. The minimum Gasteiger partial charge on any atom is -0.372 e. The standard InChI is InChI=1S/C22H18N2O2/c23-15-17-11-13-18(14-12-17)16-24-21(25)22(26,19-7-3-1-4-8-19)20-9-5-2-6-10-20/h1-14,26H,16H2,(H,24,25). The molecular weight excluding hydrogens is 324 g/mol. The van der Waals surface area contributed by atoms with E-state index in [0.29, 0.717) is 16.7 Å². The molecule has 3 aromatic rings. The smallest absolute Gasteiger partial charge is 0.261 e. The Balaban J connectivity index is 1.87. The molecule has 2 N–H and O–H groups in total. The highest BCUT2D eigenvalue weighted by molar-refractivity contribution is 5.90. The molecule has 0 radical (unpaired) electrons. The minimum atomic E-state index is -1.78. The normalized spacial score (nSPS) is 10.8. The summed E-state index contributed by atoms with van der Waals surface area (Å²) in [6.07, 6.45) is 0. The highest BCUT2D eigenvalue weighted by Crippen LogP contribution is 2.29. The molecule has 3 rings (SSSR count). The van der Waals surface area contributed by atoms with Crippen LogP contribution in [0.3, 0.4) is 0 Å². The number of amides is 1. The van der Waals surface area contributed by atoms with E-state index in [0.717, 1.165) is 5.56 Å². The lowest BCUT2D eigenvalue weighted by Gasteiger charge is -2.28. The van der Waals surface area contributed by atoms with Crippen LogP contribution in [0.25, 0.3) is 0 Å². The highest BCUT2D eigenvalue weighted by Gasteiger charge is 2.39. The van der Waals surface area contributed by atoms with Gasteiger partial charge in [0.05, 0.1) is 11.6 Å². The molecule has 4 heteroatoms. The fraction of sp³-hybridized carbons (Fsp3) is 0.0909. The summed E-state index contributed by atoms with van der Waals surface area (Å²) in [6.45, 7) is 0.256. The van der Waals surface area contributed by atoms with Crippen molar-refractivity contribution >= 4 is 5.91 Å². The average molecular weight is 342 g/mol. The van der Waals surface area contributed by atoms with Crippen molar-refractivity contribution in [1.29, 1.82) is 5.26 Å². The second kappa shape index (κ2) is 7.64. The van der Waals surface area contributed by atoms with Gasteiger partial charge >= 0.3 is 0 Å². The van der Waals surface area contributed by atoms with E-state index in [1.165, 1.54) is 0 Å². The molecule has 26 heavy (non-hydrogen) atoms. The third-order valence-corrected chi connectivity index (χ3v) is 4.25. The second-order valence-electron chi connectivity index (χ2n) is 5.93. The Kier molecular flexibility index (Phi) is 5.12. The third-order valence-electron chi connectivity index (χ3n) is 4.25. The van der Waals surface area contributed by atoms with Crippen molar-refractivity contribution in [2.75, 3.05) is 0 Å². The number of rotatable bonds is 5. The van der Waals surface area contributed by atoms with Gasteiger partial charge in [0, 0.05) is 6.54 Å². The summed E-state index contributed by atoms with van der Waals surface area (Å²) in [7, 11) is 0. The predicted molar refractivity (Wildman–Crippen MR) is 98.9 cm³/mol. The number of carbonyl (C=O) groups is 1. The monoisotopic (exact) mass is 342 g/mol. The van der Waals surface area contributed by atoms with Crippen molar-refractivity contribution in [3.05, 3.63) is 107 Å². The Labute approximate surface area is 152 Å². The van der Waals surface area contributed by atoms with Gasteiger partial charge in [-0.2, -0.15) is 5.26 Å². The van der Waals surface area contributed by atoms with Gasteiger partial charge in [-0.3, -0.25) is 4.79 Å². The Morgan fingerprint density at radius 2 is 1.38 bits per heavy atom. The topological polar surface area (TPSA) is 73.1 Å². The Bertz CT molecular complexity index is 874. The lowest BCUT2D eigenvalue weighted by molar-refractivity contribution is -0.136. The van der Waals surface area contributed by atoms with Crippen molar-refractivity contribution < 1.29 is 9.90 Å². The van der Waals surface area contributed by atoms with Crippen molar-refractivity contribution in [1.82, 2.24) is 5.32 Å². The van der Waals surface area contributed by atoms with E-state index in [-0.39, 0.29) is 6.54 Å². The molecule has 0 aliphatic heterocycles. The SMILES string of the molecule is N#Cc1ccc(CNC(=O)C(O)(c2ccccc2)c2ccccc2)cc1. The zero-order chi connectivity index (χ0) is 18.4. The lowest BCUT2D eigenvalue weighted by Crippen LogP contribution is -2.45. The molecule has 4 nitrogen and oxygen atoms in total. The first-order chi connectivity index (χ1) is 12.6. The third kappa shape index (κ3) is 3.49. The Hall–Kier alpha value is -3.42. The number of nitriles is 1. The largest absolute Gasteiger partial charge is 0.372 e. The number of nitrogens with one attached hydrogen (secondary N) is 1. The van der Waals surface area contributed by atoms with Crippen LogP contribution in [0.5, 0.6) is 0 Å². The predicted octanol–water partition coefficient (Wildman–Crippen LogP) is 3.11. The van der Waals surface area contributed by atoms with E-state index in [9.17, 15) is 9.90 Å². The van der Waals surface area contributed by atoms with Crippen molar-refractivity contribution in [2.24, 2.45) is 0 Å². The number of benzene rings is 3. The zero-order valence-electron chi connectivity index (χ0n) is 14.1. The first-order valence-electron chi connectivity index (χ1n) is 8.25. The van der Waals surface area contributed by atoms with Crippen LogP contribution in [0.2, 0.25) is 0 Å². The van der Waals surface area contributed by atoms with Crippen molar-refractivity contribution in [2.45, 2.75) is 12.1 Å². The summed E-state index contributed by atoms with van der Waals surface area (Å²) < 4.78 is 0. The van der Waals surface area contributed by atoms with E-state index in [1.807, 2.05) is 12.1 Å². The van der Waals surface area contributed by atoms with Crippen LogP contribution in [0.15, 0.2) is 84.9 Å². The number of carbonyl (C=O) groups excluding carboxylic acids is 1. The van der Waals surface area contributed by atoms with E-state index in [2.05, 4.69) is 11.4 Å². The molecule has 0 heterocycles. The van der Waals surface area contributed by atoms with Crippen molar-refractivity contribution in [3.63, 3.8) is 0 Å². The van der Waals surface area contributed by atoms with Crippen LogP contribution >= 0.6 is 0 Å². The molecule has 0 atom stereocenters. The van der Waals surface area contributed by atoms with Gasteiger partial charge in [-0.15, -0.1) is 0 Å². The number of nitrogens with zero attached hydrogens (tertiary/aromatic N) is 1. The molecule has 0 aromatic heterocycles. The summed E-state index contributed by atoms with van der Waals surface area (Å²) in [4.78, 5) is 12.9. The van der Waals surface area contributed by atoms with Crippen LogP contribution in [-0.2, 0) is 16.9 Å². The van der Waals surface area contributed by atoms with Gasteiger partial charge in [-0.25, -0.2) is 0 Å². The molecule has 0 saturated heterocycles. The maximum atomic E-state index is 12.9. The first kappa shape index (κ1) is 17.4. The summed E-state index contributed by atoms with van der Waals surface area (Å²) >= 11 is 0. The van der Waals surface area contributed by atoms with Crippen LogP contribution in [0, 0.1) is 11.3 Å². The van der Waals surface area contributed by atoms with Gasteiger partial charge < -0.3 is 10.4 Å². The summed E-state index contributed by atoms with van der Waals surface area (Å²) in [5.74, 6) is -0.501. The first-order valence-corrected chi connectivity index (χ1v) is 8.25. The molecule has 0 aliphatic carbocycles. The van der Waals surface area contributed by atoms with E-state index in [1.54, 1.807) is 72.8 Å². The van der Waals surface area contributed by atoms with Crippen LogP contribution in [0.4, 0.5) is 0 Å². The van der Waals surface area contributed by atoms with Gasteiger partial charge in [0.2, 0.25) is 0 Å². The van der Waals surface area contributed by atoms with Crippen LogP contribution in [-0.4, -0.2) is 11.0 Å². The summed E-state index contributed by atoms with van der Waals surface area (Å²) in [6, 6.07) is 26.8. The Morgan fingerprint density at radius 3 is 1.85 bits per heavy atom. The molecule has 0 saturated carbocycles. The van der Waals surface area contributed by atoms with E-state index >= 15 is 0 Å². The molecular formula is C22H18N2O2. The van der Waals surface area contributed by atoms with Gasteiger partial charge in [-0.1, -0.05) is 72.8 Å². The van der Waals surface area contributed by atoms with Gasteiger partial charge in [-0.05, 0) is 28.8 Å². The average Bonchev–Trinajstić information content (AvgIpc) is 2.73. The molecule has 1 amide bonds. The van der Waals surface area contributed by atoms with Crippen LogP contribution in [0.1, 0.15) is 22.3 Å². The number of aliphatic hydroxyl groups is 1. The second-order valence-corrected chi connectivity index (χ2v) is 5.93. The minimum absolute atomic E-state index is 0.256. The molecule has 128 valence electrons. The van der Waals surface area contributed by atoms with Gasteiger partial charge in [0.1, 0.15) is 0 Å². The van der Waals surface area contributed by atoms with Gasteiger partial charge in [0.25, 0.3) is 5.91 Å². The molecule has 0 fully saturated rings. The summed E-state index contributed by atoms with van der Waals surface area (Å²) in [5.41, 5.74) is 0.632. The van der Waals surface area contributed by atoms with Gasteiger partial charge in [0.15, 0.2) is 5.60 Å². The molecule has 0 bridgehead atoms. The van der Waals surface area contributed by atoms with E-state index in [4.69, 9.17) is 5.26 Å². The highest BCUT2D eigenvalue weighted by atomic mass is 16.3.